The van der Waals surface area contributed by atoms with E-state index in [4.69, 9.17) is 5.11 Å². The van der Waals surface area contributed by atoms with E-state index in [2.05, 4.69) is 5.32 Å². The lowest BCUT2D eigenvalue weighted by Gasteiger charge is -2.28. The Morgan fingerprint density at radius 1 is 1.18 bits per heavy atom. The second-order valence-electron chi connectivity index (χ2n) is 5.48. The first-order valence-corrected chi connectivity index (χ1v) is 6.62. The number of rotatable bonds is 4. The molecule has 2 aliphatic carbocycles. The van der Waals surface area contributed by atoms with Crippen LogP contribution in [0, 0.1) is 17.8 Å². The summed E-state index contributed by atoms with van der Waals surface area (Å²) in [6.07, 6.45) is 6.71. The zero-order chi connectivity index (χ0) is 12.4. The van der Waals surface area contributed by atoms with Gasteiger partial charge in [-0.2, -0.15) is 0 Å². The Morgan fingerprint density at radius 2 is 1.82 bits per heavy atom. The Bertz CT molecular complexity index is 310. The third-order valence-corrected chi connectivity index (χ3v) is 4.17. The number of carbonyl (C=O) groups is 2. The fourth-order valence-electron chi connectivity index (χ4n) is 2.84. The number of amides is 1. The van der Waals surface area contributed by atoms with Gasteiger partial charge < -0.3 is 10.4 Å². The second-order valence-corrected chi connectivity index (χ2v) is 5.48. The molecule has 2 fully saturated rings. The number of hydrogen-bond donors (Lipinski definition) is 2. The highest BCUT2D eigenvalue weighted by molar-refractivity contribution is 5.89. The summed E-state index contributed by atoms with van der Waals surface area (Å²) in [6, 6.07) is 0.192. The van der Waals surface area contributed by atoms with Crippen molar-refractivity contribution in [2.24, 2.45) is 17.8 Å². The van der Waals surface area contributed by atoms with Gasteiger partial charge in [-0.05, 0) is 32.1 Å². The van der Waals surface area contributed by atoms with Crippen LogP contribution in [0.5, 0.6) is 0 Å². The minimum absolute atomic E-state index is 0.0597. The molecule has 0 radical (unpaired) electrons. The van der Waals surface area contributed by atoms with Crippen molar-refractivity contribution in [1.82, 2.24) is 5.32 Å². The van der Waals surface area contributed by atoms with Gasteiger partial charge in [-0.15, -0.1) is 0 Å². The molecule has 0 aromatic heterocycles. The molecule has 4 nitrogen and oxygen atoms in total. The smallest absolute Gasteiger partial charge is 0.307 e. The fraction of sp³-hybridized carbons (Fsp3) is 0.846. The van der Waals surface area contributed by atoms with Gasteiger partial charge in [0, 0.05) is 6.04 Å². The van der Waals surface area contributed by atoms with Crippen molar-refractivity contribution >= 4 is 11.9 Å². The Morgan fingerprint density at radius 3 is 2.35 bits per heavy atom. The molecule has 0 aromatic carbocycles. The van der Waals surface area contributed by atoms with Crippen molar-refractivity contribution in [2.75, 3.05) is 0 Å². The van der Waals surface area contributed by atoms with Crippen LogP contribution >= 0.6 is 0 Å². The molecule has 2 rings (SSSR count). The van der Waals surface area contributed by atoms with Crippen LogP contribution in [0.15, 0.2) is 0 Å². The molecular formula is C13H21NO3. The highest BCUT2D eigenvalue weighted by Crippen LogP contribution is 2.39. The van der Waals surface area contributed by atoms with E-state index in [-0.39, 0.29) is 17.9 Å². The number of carbonyl (C=O) groups excluding carboxylic acids is 1. The summed E-state index contributed by atoms with van der Waals surface area (Å²) in [7, 11) is 0. The van der Waals surface area contributed by atoms with Gasteiger partial charge in [0.15, 0.2) is 0 Å². The topological polar surface area (TPSA) is 66.4 Å². The number of aliphatic carboxylic acids is 1. The van der Waals surface area contributed by atoms with Gasteiger partial charge in [0.25, 0.3) is 0 Å². The Labute approximate surface area is 102 Å². The fourth-order valence-corrected chi connectivity index (χ4v) is 2.84. The van der Waals surface area contributed by atoms with Gasteiger partial charge in [0.1, 0.15) is 0 Å². The first kappa shape index (κ1) is 12.4. The second kappa shape index (κ2) is 5.07. The molecule has 2 N–H and O–H groups in total. The lowest BCUT2D eigenvalue weighted by molar-refractivity contribution is -0.140. The maximum absolute atomic E-state index is 11.8. The van der Waals surface area contributed by atoms with E-state index in [1.54, 1.807) is 0 Å². The van der Waals surface area contributed by atoms with E-state index in [1.165, 1.54) is 32.1 Å². The molecule has 0 aromatic rings. The highest BCUT2D eigenvalue weighted by Gasteiger charge is 2.48. The first-order chi connectivity index (χ1) is 8.09. The highest BCUT2D eigenvalue weighted by atomic mass is 16.4. The zero-order valence-electron chi connectivity index (χ0n) is 10.3. The summed E-state index contributed by atoms with van der Waals surface area (Å²) in [5.74, 6) is -1.03. The van der Waals surface area contributed by atoms with Crippen molar-refractivity contribution < 1.29 is 14.7 Å². The summed E-state index contributed by atoms with van der Waals surface area (Å²) < 4.78 is 0. The van der Waals surface area contributed by atoms with E-state index in [9.17, 15) is 9.59 Å². The van der Waals surface area contributed by atoms with Crippen LogP contribution in [0.1, 0.15) is 45.4 Å². The van der Waals surface area contributed by atoms with Crippen molar-refractivity contribution in [3.63, 3.8) is 0 Å². The van der Waals surface area contributed by atoms with Crippen molar-refractivity contribution in [2.45, 2.75) is 51.5 Å². The lowest BCUT2D eigenvalue weighted by Crippen LogP contribution is -2.40. The molecule has 1 amide bonds. The first-order valence-electron chi connectivity index (χ1n) is 6.62. The molecule has 0 spiro atoms. The third-order valence-electron chi connectivity index (χ3n) is 4.17. The van der Waals surface area contributed by atoms with Gasteiger partial charge in [0.05, 0.1) is 11.8 Å². The summed E-state index contributed by atoms with van der Waals surface area (Å²) in [5.41, 5.74) is 0. The molecule has 0 saturated heterocycles. The predicted octanol–water partition coefficient (Wildman–Crippen LogP) is 1.79. The molecule has 0 bridgehead atoms. The van der Waals surface area contributed by atoms with E-state index in [1.807, 2.05) is 6.92 Å². The lowest BCUT2D eigenvalue weighted by atomic mass is 9.84. The summed E-state index contributed by atoms with van der Waals surface area (Å²) in [5, 5.41) is 11.8. The third kappa shape index (κ3) is 2.99. The molecule has 1 unspecified atom stereocenters. The predicted molar refractivity (Wildman–Crippen MR) is 63.4 cm³/mol. The number of nitrogens with one attached hydrogen (secondary N) is 1. The van der Waals surface area contributed by atoms with Gasteiger partial charge in [-0.25, -0.2) is 0 Å². The van der Waals surface area contributed by atoms with Gasteiger partial charge in [-0.3, -0.25) is 9.59 Å². The molecule has 96 valence electrons. The number of hydrogen-bond acceptors (Lipinski definition) is 2. The summed E-state index contributed by atoms with van der Waals surface area (Å²) in [4.78, 5) is 22.5. The molecule has 0 aliphatic heterocycles. The molecule has 2 saturated carbocycles. The molecule has 3 atom stereocenters. The molecule has 17 heavy (non-hydrogen) atoms. The van der Waals surface area contributed by atoms with Crippen LogP contribution in [0.2, 0.25) is 0 Å². The monoisotopic (exact) mass is 239 g/mol. The minimum atomic E-state index is -0.838. The standard InChI is InChI=1S/C13H21NO3/c1-8(9-5-3-2-4-6-9)14-12(15)10-7-11(10)13(16)17/h8-11H,2-7H2,1H3,(H,14,15)(H,16,17)/t8?,10-,11+/m1/s1. The van der Waals surface area contributed by atoms with Crippen LogP contribution in [0.3, 0.4) is 0 Å². The van der Waals surface area contributed by atoms with E-state index in [0.29, 0.717) is 12.3 Å². The maximum atomic E-state index is 11.8. The van der Waals surface area contributed by atoms with Crippen LogP contribution in [0.4, 0.5) is 0 Å². The largest absolute Gasteiger partial charge is 0.481 e. The molecule has 2 aliphatic rings. The SMILES string of the molecule is CC(NC(=O)[C@@H]1C[C@@H]1C(=O)O)C1CCCCC1. The van der Waals surface area contributed by atoms with Crippen LogP contribution in [0.25, 0.3) is 0 Å². The molecular weight excluding hydrogens is 218 g/mol. The Hall–Kier alpha value is -1.06. The van der Waals surface area contributed by atoms with Gasteiger partial charge >= 0.3 is 5.97 Å². The molecule has 4 heteroatoms. The van der Waals surface area contributed by atoms with Gasteiger partial charge in [-0.1, -0.05) is 19.3 Å². The molecule has 0 heterocycles. The number of carboxylic acid groups (broad SMARTS) is 1. The van der Waals surface area contributed by atoms with E-state index in [0.717, 1.165) is 0 Å². The minimum Gasteiger partial charge on any atom is -0.481 e. The Kier molecular flexibility index (Phi) is 3.69. The zero-order valence-corrected chi connectivity index (χ0v) is 10.3. The number of carboxylic acids is 1. The van der Waals surface area contributed by atoms with Crippen molar-refractivity contribution in [1.29, 1.82) is 0 Å². The summed E-state index contributed by atoms with van der Waals surface area (Å²) in [6.45, 7) is 2.05. The van der Waals surface area contributed by atoms with E-state index < -0.39 is 11.9 Å². The van der Waals surface area contributed by atoms with Crippen molar-refractivity contribution in [3.05, 3.63) is 0 Å². The van der Waals surface area contributed by atoms with Crippen LogP contribution < -0.4 is 5.32 Å². The normalized spacial score (nSPS) is 30.6. The average Bonchev–Trinajstić information content (AvgIpc) is 3.10. The van der Waals surface area contributed by atoms with Crippen LogP contribution in [-0.4, -0.2) is 23.0 Å². The maximum Gasteiger partial charge on any atom is 0.307 e. The van der Waals surface area contributed by atoms with E-state index >= 15 is 0 Å². The van der Waals surface area contributed by atoms with Crippen LogP contribution in [-0.2, 0) is 9.59 Å². The average molecular weight is 239 g/mol. The quantitative estimate of drug-likeness (QED) is 0.786. The Balaban J connectivity index is 1.76. The van der Waals surface area contributed by atoms with Crippen molar-refractivity contribution in [3.8, 4) is 0 Å². The van der Waals surface area contributed by atoms with Gasteiger partial charge in [0.2, 0.25) is 5.91 Å². The summed E-state index contributed by atoms with van der Waals surface area (Å²) >= 11 is 0.